The van der Waals surface area contributed by atoms with E-state index in [0.29, 0.717) is 5.02 Å². The van der Waals surface area contributed by atoms with Crippen molar-refractivity contribution >= 4 is 23.2 Å². The largest absolute Gasteiger partial charge is 0.326 e. The van der Waals surface area contributed by atoms with Gasteiger partial charge < -0.3 is 5.32 Å². The number of anilines is 1. The van der Waals surface area contributed by atoms with Crippen LogP contribution in [-0.4, -0.2) is 5.91 Å². The third kappa shape index (κ3) is 3.94. The second-order valence-electron chi connectivity index (χ2n) is 6.38. The first-order valence-corrected chi connectivity index (χ1v) is 8.69. The van der Waals surface area contributed by atoms with E-state index in [-0.39, 0.29) is 11.8 Å². The molecule has 3 rings (SSSR count). The number of hydrogen-bond acceptors (Lipinski definition) is 1. The molecule has 0 atom stereocenters. The SMILES string of the molecule is Cc1ccc(-c2cc(NC(=O)C3CCCCC3)ccc2Cl)cc1. The van der Waals surface area contributed by atoms with E-state index in [9.17, 15) is 4.79 Å². The van der Waals surface area contributed by atoms with Gasteiger partial charge in [-0.25, -0.2) is 0 Å². The summed E-state index contributed by atoms with van der Waals surface area (Å²) in [7, 11) is 0. The molecule has 0 radical (unpaired) electrons. The second kappa shape index (κ2) is 7.18. The number of carbonyl (C=O) groups excluding carboxylic acids is 1. The van der Waals surface area contributed by atoms with E-state index in [0.717, 1.165) is 42.5 Å². The van der Waals surface area contributed by atoms with Crippen LogP contribution in [0.4, 0.5) is 5.69 Å². The van der Waals surface area contributed by atoms with Gasteiger partial charge in [0.25, 0.3) is 0 Å². The van der Waals surface area contributed by atoms with Crippen LogP contribution in [0.1, 0.15) is 37.7 Å². The van der Waals surface area contributed by atoms with E-state index in [1.165, 1.54) is 12.0 Å². The fraction of sp³-hybridized carbons (Fsp3) is 0.350. The molecule has 0 saturated heterocycles. The Labute approximate surface area is 142 Å². The van der Waals surface area contributed by atoms with Crippen molar-refractivity contribution < 1.29 is 4.79 Å². The molecule has 0 aliphatic heterocycles. The number of rotatable bonds is 3. The summed E-state index contributed by atoms with van der Waals surface area (Å²) >= 11 is 6.34. The minimum atomic E-state index is 0.141. The van der Waals surface area contributed by atoms with E-state index in [4.69, 9.17) is 11.6 Å². The summed E-state index contributed by atoms with van der Waals surface area (Å²) in [6.45, 7) is 2.06. The summed E-state index contributed by atoms with van der Waals surface area (Å²) in [4.78, 5) is 12.4. The quantitative estimate of drug-likeness (QED) is 0.754. The number of benzene rings is 2. The summed E-state index contributed by atoms with van der Waals surface area (Å²) < 4.78 is 0. The second-order valence-corrected chi connectivity index (χ2v) is 6.79. The lowest BCUT2D eigenvalue weighted by atomic mass is 9.88. The third-order valence-corrected chi connectivity index (χ3v) is 4.90. The zero-order chi connectivity index (χ0) is 16.2. The Bertz CT molecular complexity index is 687. The molecule has 1 fully saturated rings. The highest BCUT2D eigenvalue weighted by atomic mass is 35.5. The summed E-state index contributed by atoms with van der Waals surface area (Å²) in [6.07, 6.45) is 5.58. The average Bonchev–Trinajstić information content (AvgIpc) is 2.58. The third-order valence-electron chi connectivity index (χ3n) is 4.57. The average molecular weight is 328 g/mol. The number of hydrogen-bond donors (Lipinski definition) is 1. The molecule has 120 valence electrons. The molecule has 1 amide bonds. The number of amides is 1. The van der Waals surface area contributed by atoms with Gasteiger partial charge in [0.2, 0.25) is 5.91 Å². The lowest BCUT2D eigenvalue weighted by Crippen LogP contribution is -2.24. The molecule has 2 aromatic carbocycles. The Balaban J connectivity index is 1.79. The number of aryl methyl sites for hydroxylation is 1. The van der Waals surface area contributed by atoms with Crippen LogP contribution in [0.3, 0.4) is 0 Å². The standard InChI is InChI=1S/C20H22ClNO/c1-14-7-9-15(10-8-14)18-13-17(11-12-19(18)21)22-20(23)16-5-3-2-4-6-16/h7-13,16H,2-6H2,1H3,(H,22,23). The zero-order valence-corrected chi connectivity index (χ0v) is 14.2. The fourth-order valence-electron chi connectivity index (χ4n) is 3.17. The molecule has 1 saturated carbocycles. The number of nitrogens with one attached hydrogen (secondary N) is 1. The molecule has 0 spiro atoms. The predicted molar refractivity (Wildman–Crippen MR) is 96.8 cm³/mol. The lowest BCUT2D eigenvalue weighted by molar-refractivity contribution is -0.120. The van der Waals surface area contributed by atoms with Gasteiger partial charge in [-0.05, 0) is 43.5 Å². The molecular weight excluding hydrogens is 306 g/mol. The van der Waals surface area contributed by atoms with Gasteiger partial charge in [0.05, 0.1) is 0 Å². The van der Waals surface area contributed by atoms with Gasteiger partial charge in [-0.3, -0.25) is 4.79 Å². The molecule has 0 aromatic heterocycles. The minimum Gasteiger partial charge on any atom is -0.326 e. The zero-order valence-electron chi connectivity index (χ0n) is 13.4. The molecule has 2 nitrogen and oxygen atoms in total. The maximum Gasteiger partial charge on any atom is 0.227 e. The highest BCUT2D eigenvalue weighted by Gasteiger charge is 2.21. The Morgan fingerprint density at radius 1 is 1.04 bits per heavy atom. The molecule has 0 heterocycles. The van der Waals surface area contributed by atoms with E-state index < -0.39 is 0 Å². The Morgan fingerprint density at radius 2 is 1.74 bits per heavy atom. The minimum absolute atomic E-state index is 0.141. The van der Waals surface area contributed by atoms with Crippen LogP contribution in [0, 0.1) is 12.8 Å². The molecule has 1 aliphatic rings. The highest BCUT2D eigenvalue weighted by molar-refractivity contribution is 6.33. The van der Waals surface area contributed by atoms with E-state index in [1.54, 1.807) is 0 Å². The van der Waals surface area contributed by atoms with Crippen molar-refractivity contribution in [3.8, 4) is 11.1 Å². The van der Waals surface area contributed by atoms with Gasteiger partial charge in [0, 0.05) is 22.2 Å². The van der Waals surface area contributed by atoms with Crippen LogP contribution in [0.15, 0.2) is 42.5 Å². The molecule has 2 aromatic rings. The van der Waals surface area contributed by atoms with Crippen LogP contribution >= 0.6 is 11.6 Å². The van der Waals surface area contributed by atoms with Gasteiger partial charge in [-0.15, -0.1) is 0 Å². The maximum atomic E-state index is 12.4. The molecule has 3 heteroatoms. The van der Waals surface area contributed by atoms with Crippen LogP contribution in [-0.2, 0) is 4.79 Å². The molecule has 0 bridgehead atoms. The summed E-state index contributed by atoms with van der Waals surface area (Å²) in [5, 5.41) is 3.76. The van der Waals surface area contributed by atoms with Gasteiger partial charge in [-0.2, -0.15) is 0 Å². The van der Waals surface area contributed by atoms with Crippen molar-refractivity contribution in [3.63, 3.8) is 0 Å². The predicted octanol–water partition coefficient (Wildman–Crippen LogP) is 5.83. The Hall–Kier alpha value is -1.80. The van der Waals surface area contributed by atoms with Gasteiger partial charge in [-0.1, -0.05) is 60.7 Å². The van der Waals surface area contributed by atoms with Gasteiger partial charge >= 0.3 is 0 Å². The van der Waals surface area contributed by atoms with Crippen LogP contribution in [0.25, 0.3) is 11.1 Å². The summed E-state index contributed by atoms with van der Waals surface area (Å²) in [5.74, 6) is 0.295. The van der Waals surface area contributed by atoms with Crippen LogP contribution in [0.5, 0.6) is 0 Å². The smallest absolute Gasteiger partial charge is 0.227 e. The van der Waals surface area contributed by atoms with Crippen molar-refractivity contribution in [1.82, 2.24) is 0 Å². The Kier molecular flexibility index (Phi) is 5.02. The topological polar surface area (TPSA) is 29.1 Å². The first kappa shape index (κ1) is 16.1. The van der Waals surface area contributed by atoms with Crippen molar-refractivity contribution in [2.24, 2.45) is 5.92 Å². The van der Waals surface area contributed by atoms with Gasteiger partial charge in [0.15, 0.2) is 0 Å². The highest BCUT2D eigenvalue weighted by Crippen LogP contribution is 2.31. The monoisotopic (exact) mass is 327 g/mol. The fourth-order valence-corrected chi connectivity index (χ4v) is 3.39. The van der Waals surface area contributed by atoms with Gasteiger partial charge in [0.1, 0.15) is 0 Å². The first-order valence-electron chi connectivity index (χ1n) is 8.31. The lowest BCUT2D eigenvalue weighted by Gasteiger charge is -2.21. The first-order chi connectivity index (χ1) is 11.1. The van der Waals surface area contributed by atoms with E-state index in [2.05, 4.69) is 36.5 Å². The number of carbonyl (C=O) groups is 1. The van der Waals surface area contributed by atoms with E-state index in [1.807, 2.05) is 18.2 Å². The van der Waals surface area contributed by atoms with Crippen molar-refractivity contribution in [3.05, 3.63) is 53.1 Å². The molecule has 0 unspecified atom stereocenters. The van der Waals surface area contributed by atoms with Crippen LogP contribution in [0.2, 0.25) is 5.02 Å². The normalized spacial score (nSPS) is 15.4. The molecular formula is C20H22ClNO. The van der Waals surface area contributed by atoms with E-state index >= 15 is 0 Å². The van der Waals surface area contributed by atoms with Crippen molar-refractivity contribution in [1.29, 1.82) is 0 Å². The van der Waals surface area contributed by atoms with Crippen molar-refractivity contribution in [2.75, 3.05) is 5.32 Å². The number of halogens is 1. The molecule has 1 N–H and O–H groups in total. The summed E-state index contributed by atoms with van der Waals surface area (Å²) in [5.41, 5.74) is 4.05. The Morgan fingerprint density at radius 3 is 2.43 bits per heavy atom. The molecule has 1 aliphatic carbocycles. The van der Waals surface area contributed by atoms with Crippen LogP contribution < -0.4 is 5.32 Å². The summed E-state index contributed by atoms with van der Waals surface area (Å²) in [6, 6.07) is 14.0. The maximum absolute atomic E-state index is 12.4. The molecule has 23 heavy (non-hydrogen) atoms. The van der Waals surface area contributed by atoms with Crippen molar-refractivity contribution in [2.45, 2.75) is 39.0 Å².